The normalized spacial score (nSPS) is 16.3. The van der Waals surface area contributed by atoms with Crippen LogP contribution in [0.3, 0.4) is 0 Å². The fourth-order valence-corrected chi connectivity index (χ4v) is 5.24. The number of amides is 1. The molecule has 4 rings (SSSR count). The minimum Gasteiger partial charge on any atom is -0.507 e. The first-order valence-corrected chi connectivity index (χ1v) is 13.0. The number of carbonyl (C=O) groups is 3. The van der Waals surface area contributed by atoms with Gasteiger partial charge in [0.05, 0.1) is 17.3 Å². The standard InChI is InChI=1S/C30H28N2O6S/c1-6-14-37-21-12-10-20(11-13-21)24-23(25(33)22-16-17(3)8-9-18(22)4)26(34)28(35)32(24)30-31-19(5)27(39-30)29(36)38-15-7-2/h6-13,16,24,33H,1-2,14-15H2,3-5H3/b25-23+. The predicted octanol–water partition coefficient (Wildman–Crippen LogP) is 5.60. The lowest BCUT2D eigenvalue weighted by atomic mass is 9.93. The first-order valence-electron chi connectivity index (χ1n) is 12.2. The maximum Gasteiger partial charge on any atom is 0.350 e. The van der Waals surface area contributed by atoms with Crippen LogP contribution in [0.25, 0.3) is 5.76 Å². The molecule has 0 radical (unpaired) electrons. The summed E-state index contributed by atoms with van der Waals surface area (Å²) in [5, 5.41) is 11.6. The smallest absolute Gasteiger partial charge is 0.350 e. The number of aliphatic hydroxyl groups excluding tert-OH is 1. The van der Waals surface area contributed by atoms with Gasteiger partial charge in [-0.25, -0.2) is 9.78 Å². The summed E-state index contributed by atoms with van der Waals surface area (Å²) in [5.74, 6) is -2.04. The number of nitrogens with zero attached hydrogens (tertiary/aromatic N) is 2. The topological polar surface area (TPSA) is 106 Å². The quantitative estimate of drug-likeness (QED) is 0.123. The van der Waals surface area contributed by atoms with Crippen LogP contribution >= 0.6 is 11.3 Å². The van der Waals surface area contributed by atoms with Gasteiger partial charge in [-0.2, -0.15) is 0 Å². The summed E-state index contributed by atoms with van der Waals surface area (Å²) < 4.78 is 10.7. The van der Waals surface area contributed by atoms with Gasteiger partial charge in [0.1, 0.15) is 29.6 Å². The third-order valence-corrected chi connectivity index (χ3v) is 7.30. The Morgan fingerprint density at radius 3 is 2.44 bits per heavy atom. The van der Waals surface area contributed by atoms with Gasteiger partial charge in [-0.1, -0.05) is 66.5 Å². The Hall–Kier alpha value is -4.50. The number of carbonyl (C=O) groups excluding carboxylic acids is 3. The monoisotopic (exact) mass is 544 g/mol. The van der Waals surface area contributed by atoms with E-state index in [4.69, 9.17) is 9.47 Å². The number of benzene rings is 2. The molecule has 1 aromatic heterocycles. The highest BCUT2D eigenvalue weighted by atomic mass is 32.1. The van der Waals surface area contributed by atoms with Crippen LogP contribution in [0.1, 0.15) is 43.7 Å². The van der Waals surface area contributed by atoms with Gasteiger partial charge in [0.15, 0.2) is 5.13 Å². The van der Waals surface area contributed by atoms with Crippen LogP contribution in [0.15, 0.2) is 73.3 Å². The number of hydrogen-bond acceptors (Lipinski definition) is 8. The Morgan fingerprint density at radius 1 is 1.08 bits per heavy atom. The van der Waals surface area contributed by atoms with Crippen molar-refractivity contribution in [3.05, 3.63) is 106 Å². The Balaban J connectivity index is 1.89. The number of ether oxygens (including phenoxy) is 2. The van der Waals surface area contributed by atoms with E-state index in [2.05, 4.69) is 18.1 Å². The number of aromatic nitrogens is 1. The minimum absolute atomic E-state index is 0.0200. The summed E-state index contributed by atoms with van der Waals surface area (Å²) in [5.41, 5.74) is 2.91. The molecular weight excluding hydrogens is 516 g/mol. The number of hydrogen-bond donors (Lipinski definition) is 1. The van der Waals surface area contributed by atoms with E-state index in [-0.39, 0.29) is 27.9 Å². The number of rotatable bonds is 9. The molecule has 1 amide bonds. The molecule has 1 aliphatic heterocycles. The fourth-order valence-electron chi connectivity index (χ4n) is 4.26. The number of aliphatic hydroxyl groups is 1. The summed E-state index contributed by atoms with van der Waals surface area (Å²) in [4.78, 5) is 45.4. The maximum absolute atomic E-state index is 13.5. The summed E-state index contributed by atoms with van der Waals surface area (Å²) >= 11 is 0.942. The SMILES string of the molecule is C=CCOC(=O)c1sc(N2C(=O)C(=O)/C(=C(/O)c3cc(C)ccc3C)C2c2ccc(OCC=C)cc2)nc1C. The molecule has 0 bridgehead atoms. The van der Waals surface area contributed by atoms with Crippen molar-refractivity contribution >= 4 is 39.9 Å². The Kier molecular flexibility index (Phi) is 8.11. The van der Waals surface area contributed by atoms with E-state index in [0.717, 1.165) is 22.5 Å². The van der Waals surface area contributed by atoms with Crippen LogP contribution in [0.5, 0.6) is 5.75 Å². The number of aryl methyl sites for hydroxylation is 3. The van der Waals surface area contributed by atoms with Crippen molar-refractivity contribution in [2.24, 2.45) is 0 Å². The van der Waals surface area contributed by atoms with Gasteiger partial charge in [-0.15, -0.1) is 0 Å². The Labute approximate surface area is 230 Å². The molecule has 0 aliphatic carbocycles. The molecule has 2 heterocycles. The zero-order chi connectivity index (χ0) is 28.3. The van der Waals surface area contributed by atoms with E-state index < -0.39 is 23.7 Å². The lowest BCUT2D eigenvalue weighted by Crippen LogP contribution is -2.29. The largest absolute Gasteiger partial charge is 0.507 e. The molecule has 39 heavy (non-hydrogen) atoms. The molecule has 2 aromatic carbocycles. The zero-order valence-corrected chi connectivity index (χ0v) is 22.7. The highest BCUT2D eigenvalue weighted by Gasteiger charge is 2.48. The molecule has 8 nitrogen and oxygen atoms in total. The maximum atomic E-state index is 13.5. The van der Waals surface area contributed by atoms with Crippen molar-refractivity contribution in [1.82, 2.24) is 4.98 Å². The van der Waals surface area contributed by atoms with E-state index in [1.807, 2.05) is 26.0 Å². The predicted molar refractivity (Wildman–Crippen MR) is 150 cm³/mol. The molecule has 1 aliphatic rings. The summed E-state index contributed by atoms with van der Waals surface area (Å²) in [6.45, 7) is 12.8. The molecule has 1 fully saturated rings. The number of ketones is 1. The number of thiazole rings is 1. The van der Waals surface area contributed by atoms with Crippen molar-refractivity contribution in [3.63, 3.8) is 0 Å². The molecule has 200 valence electrons. The Morgan fingerprint density at radius 2 is 1.77 bits per heavy atom. The van der Waals surface area contributed by atoms with Gasteiger partial charge >= 0.3 is 11.9 Å². The van der Waals surface area contributed by atoms with Crippen molar-refractivity contribution < 1.29 is 29.0 Å². The van der Waals surface area contributed by atoms with Crippen molar-refractivity contribution in [2.75, 3.05) is 18.1 Å². The van der Waals surface area contributed by atoms with Crippen molar-refractivity contribution in [3.8, 4) is 5.75 Å². The molecule has 0 saturated carbocycles. The van der Waals surface area contributed by atoms with Crippen LogP contribution in [-0.2, 0) is 14.3 Å². The second-order valence-electron chi connectivity index (χ2n) is 8.95. The molecule has 1 N–H and O–H groups in total. The minimum atomic E-state index is -0.999. The molecule has 1 atom stereocenters. The van der Waals surface area contributed by atoms with E-state index in [1.165, 1.54) is 11.0 Å². The van der Waals surface area contributed by atoms with Crippen LogP contribution < -0.4 is 9.64 Å². The number of esters is 1. The lowest BCUT2D eigenvalue weighted by molar-refractivity contribution is -0.132. The molecule has 0 spiro atoms. The van der Waals surface area contributed by atoms with E-state index in [9.17, 15) is 19.5 Å². The summed E-state index contributed by atoms with van der Waals surface area (Å²) in [7, 11) is 0. The van der Waals surface area contributed by atoms with Crippen LogP contribution in [-0.4, -0.2) is 41.0 Å². The highest BCUT2D eigenvalue weighted by molar-refractivity contribution is 7.17. The van der Waals surface area contributed by atoms with E-state index in [0.29, 0.717) is 29.2 Å². The zero-order valence-electron chi connectivity index (χ0n) is 21.9. The van der Waals surface area contributed by atoms with Crippen molar-refractivity contribution in [2.45, 2.75) is 26.8 Å². The average Bonchev–Trinajstić information content (AvgIpc) is 3.43. The lowest BCUT2D eigenvalue weighted by Gasteiger charge is -2.23. The van der Waals surface area contributed by atoms with Crippen molar-refractivity contribution in [1.29, 1.82) is 0 Å². The van der Waals surface area contributed by atoms with Crippen LogP contribution in [0, 0.1) is 20.8 Å². The highest BCUT2D eigenvalue weighted by Crippen LogP contribution is 2.44. The molecule has 1 unspecified atom stereocenters. The van der Waals surface area contributed by atoms with Gasteiger partial charge in [-0.05, 0) is 50.1 Å². The third kappa shape index (κ3) is 5.39. The molecule has 1 saturated heterocycles. The number of Topliss-reactive ketones (excluding diaryl/α,β-unsaturated/α-hetero) is 1. The molecular formula is C30H28N2O6S. The van der Waals surface area contributed by atoms with E-state index >= 15 is 0 Å². The Bertz CT molecular complexity index is 1500. The van der Waals surface area contributed by atoms with Gasteiger partial charge in [0, 0.05) is 5.56 Å². The molecule has 9 heteroatoms. The average molecular weight is 545 g/mol. The van der Waals surface area contributed by atoms with Gasteiger partial charge < -0.3 is 14.6 Å². The third-order valence-electron chi connectivity index (χ3n) is 6.17. The first kappa shape index (κ1) is 27.5. The number of anilines is 1. The van der Waals surface area contributed by atoms with E-state index in [1.54, 1.807) is 43.3 Å². The van der Waals surface area contributed by atoms with Crippen LogP contribution in [0.4, 0.5) is 5.13 Å². The second-order valence-corrected chi connectivity index (χ2v) is 9.93. The van der Waals surface area contributed by atoms with Gasteiger partial charge in [-0.3, -0.25) is 14.5 Å². The molecule has 3 aromatic rings. The first-order chi connectivity index (χ1) is 18.7. The summed E-state index contributed by atoms with van der Waals surface area (Å²) in [6.07, 6.45) is 3.07. The summed E-state index contributed by atoms with van der Waals surface area (Å²) in [6, 6.07) is 11.4. The van der Waals surface area contributed by atoms with Gasteiger partial charge in [0.25, 0.3) is 5.78 Å². The fraction of sp³-hybridized carbons (Fsp3) is 0.200. The van der Waals surface area contributed by atoms with Crippen LogP contribution in [0.2, 0.25) is 0 Å². The second kappa shape index (κ2) is 11.5. The van der Waals surface area contributed by atoms with Gasteiger partial charge in [0.2, 0.25) is 0 Å².